The van der Waals surface area contributed by atoms with E-state index in [0.717, 1.165) is 24.9 Å². The zero-order valence-corrected chi connectivity index (χ0v) is 16.5. The molecule has 27 heavy (non-hydrogen) atoms. The van der Waals surface area contributed by atoms with E-state index in [1.165, 1.54) is 44.5 Å². The molecule has 136 valence electrons. The molecule has 1 nitrogen and oxygen atoms in total. The van der Waals surface area contributed by atoms with E-state index in [0.29, 0.717) is 0 Å². The van der Waals surface area contributed by atoms with Gasteiger partial charge in [-0.25, -0.2) is 0 Å². The largest absolute Gasteiger partial charge is 0.388 e. The first-order valence-corrected chi connectivity index (χ1v) is 9.90. The van der Waals surface area contributed by atoms with Crippen LogP contribution in [0.25, 0.3) is 11.1 Å². The minimum atomic E-state index is 1.00. The lowest BCUT2D eigenvalue weighted by Gasteiger charge is -2.19. The standard InChI is InChI=1S/C26H27N/c1-4-23(20-9-7-10-22(17-20)27-3)26-24-11-6-5-8-19(24)13-14-21-16-18(2)12-15-25(21)26/h5-12,15-17,27H,4,13-14H2,1-3H3/b26-23-. The fourth-order valence-corrected chi connectivity index (χ4v) is 4.28. The van der Waals surface area contributed by atoms with Gasteiger partial charge in [-0.1, -0.05) is 67.1 Å². The molecule has 0 spiro atoms. The van der Waals surface area contributed by atoms with Crippen molar-refractivity contribution in [3.8, 4) is 0 Å². The van der Waals surface area contributed by atoms with Gasteiger partial charge < -0.3 is 5.32 Å². The van der Waals surface area contributed by atoms with E-state index in [1.54, 1.807) is 0 Å². The molecule has 4 rings (SSSR count). The van der Waals surface area contributed by atoms with Crippen LogP contribution in [0, 0.1) is 6.92 Å². The number of nitrogens with one attached hydrogen (secondary N) is 1. The summed E-state index contributed by atoms with van der Waals surface area (Å²) in [5, 5.41) is 3.28. The molecule has 0 heterocycles. The topological polar surface area (TPSA) is 12.0 Å². The van der Waals surface area contributed by atoms with Crippen molar-refractivity contribution in [1.82, 2.24) is 0 Å². The van der Waals surface area contributed by atoms with Crippen LogP contribution in [-0.4, -0.2) is 7.05 Å². The highest BCUT2D eigenvalue weighted by molar-refractivity contribution is 6.00. The lowest BCUT2D eigenvalue weighted by molar-refractivity contribution is 0.963. The molecule has 1 aliphatic carbocycles. The summed E-state index contributed by atoms with van der Waals surface area (Å²) in [4.78, 5) is 0. The second kappa shape index (κ2) is 7.44. The van der Waals surface area contributed by atoms with Crippen molar-refractivity contribution in [3.63, 3.8) is 0 Å². The van der Waals surface area contributed by atoms with Gasteiger partial charge in [0.2, 0.25) is 0 Å². The summed E-state index contributed by atoms with van der Waals surface area (Å²) in [6, 6.07) is 24.7. The number of benzene rings is 3. The Morgan fingerprint density at radius 2 is 1.63 bits per heavy atom. The zero-order chi connectivity index (χ0) is 18.8. The Morgan fingerprint density at radius 1 is 0.852 bits per heavy atom. The van der Waals surface area contributed by atoms with Crippen molar-refractivity contribution in [2.75, 3.05) is 12.4 Å². The van der Waals surface area contributed by atoms with Crippen LogP contribution in [0.2, 0.25) is 0 Å². The zero-order valence-electron chi connectivity index (χ0n) is 16.5. The van der Waals surface area contributed by atoms with Gasteiger partial charge in [-0.2, -0.15) is 0 Å². The predicted molar refractivity (Wildman–Crippen MR) is 117 cm³/mol. The van der Waals surface area contributed by atoms with E-state index >= 15 is 0 Å². The molecular weight excluding hydrogens is 326 g/mol. The molecule has 0 unspecified atom stereocenters. The number of anilines is 1. The van der Waals surface area contributed by atoms with Gasteiger partial charge in [-0.05, 0) is 77.3 Å². The molecule has 0 amide bonds. The quantitative estimate of drug-likeness (QED) is 0.566. The molecule has 0 saturated carbocycles. The van der Waals surface area contributed by atoms with Crippen molar-refractivity contribution < 1.29 is 0 Å². The smallest absolute Gasteiger partial charge is 0.0343 e. The molecule has 0 aliphatic heterocycles. The molecule has 3 aromatic rings. The van der Waals surface area contributed by atoms with Gasteiger partial charge in [0.15, 0.2) is 0 Å². The van der Waals surface area contributed by atoms with Crippen LogP contribution in [0.4, 0.5) is 5.69 Å². The maximum absolute atomic E-state index is 3.28. The SMILES string of the molecule is CC/C(=C1\c2ccccc2CCc2cc(C)ccc21)c1cccc(NC)c1. The molecule has 0 atom stereocenters. The predicted octanol–water partition coefficient (Wildman–Crippen LogP) is 6.50. The number of allylic oxidation sites excluding steroid dienone is 1. The number of rotatable bonds is 3. The van der Waals surface area contributed by atoms with Crippen LogP contribution in [-0.2, 0) is 12.8 Å². The van der Waals surface area contributed by atoms with Crippen molar-refractivity contribution in [3.05, 3.63) is 100 Å². The Bertz CT molecular complexity index is 1010. The highest BCUT2D eigenvalue weighted by atomic mass is 14.8. The van der Waals surface area contributed by atoms with E-state index < -0.39 is 0 Å². The van der Waals surface area contributed by atoms with E-state index in [9.17, 15) is 0 Å². The minimum absolute atomic E-state index is 1.00. The van der Waals surface area contributed by atoms with E-state index in [1.807, 2.05) is 7.05 Å². The van der Waals surface area contributed by atoms with Crippen LogP contribution >= 0.6 is 0 Å². The number of aryl methyl sites for hydroxylation is 3. The Kier molecular flexibility index (Phi) is 4.85. The Morgan fingerprint density at radius 3 is 2.44 bits per heavy atom. The van der Waals surface area contributed by atoms with Crippen LogP contribution in [0.15, 0.2) is 66.7 Å². The first kappa shape index (κ1) is 17.6. The maximum atomic E-state index is 3.28. The van der Waals surface area contributed by atoms with Crippen molar-refractivity contribution in [2.45, 2.75) is 33.1 Å². The summed E-state index contributed by atoms with van der Waals surface area (Å²) in [7, 11) is 1.98. The lowest BCUT2D eigenvalue weighted by atomic mass is 9.85. The van der Waals surface area contributed by atoms with Gasteiger partial charge in [0.1, 0.15) is 0 Å². The normalized spacial score (nSPS) is 14.8. The Hall–Kier alpha value is -2.80. The van der Waals surface area contributed by atoms with Crippen molar-refractivity contribution >= 4 is 16.8 Å². The second-order valence-corrected chi connectivity index (χ2v) is 7.36. The number of hydrogen-bond acceptors (Lipinski definition) is 1. The van der Waals surface area contributed by atoms with Crippen LogP contribution in [0.3, 0.4) is 0 Å². The van der Waals surface area contributed by atoms with Crippen molar-refractivity contribution in [1.29, 1.82) is 0 Å². The summed E-state index contributed by atoms with van der Waals surface area (Å²) in [5.41, 5.74) is 12.4. The van der Waals surface area contributed by atoms with Gasteiger partial charge in [0.25, 0.3) is 0 Å². The molecule has 3 aromatic carbocycles. The first-order valence-electron chi connectivity index (χ1n) is 9.90. The molecule has 0 bridgehead atoms. The third-order valence-corrected chi connectivity index (χ3v) is 5.64. The minimum Gasteiger partial charge on any atom is -0.388 e. The molecular formula is C26H27N. The third kappa shape index (κ3) is 3.30. The highest BCUT2D eigenvalue weighted by Crippen LogP contribution is 2.40. The number of fused-ring (bicyclic) bond motifs is 2. The summed E-state index contributed by atoms with van der Waals surface area (Å²) < 4.78 is 0. The molecule has 0 aromatic heterocycles. The fourth-order valence-electron chi connectivity index (χ4n) is 4.28. The van der Waals surface area contributed by atoms with E-state index in [-0.39, 0.29) is 0 Å². The van der Waals surface area contributed by atoms with Gasteiger partial charge >= 0.3 is 0 Å². The lowest BCUT2D eigenvalue weighted by Crippen LogP contribution is -1.98. The number of hydrogen-bond donors (Lipinski definition) is 1. The van der Waals surface area contributed by atoms with Gasteiger partial charge in [-0.15, -0.1) is 0 Å². The monoisotopic (exact) mass is 353 g/mol. The highest BCUT2D eigenvalue weighted by Gasteiger charge is 2.21. The molecule has 1 heteroatoms. The summed E-state index contributed by atoms with van der Waals surface area (Å²) in [6.45, 7) is 4.47. The van der Waals surface area contributed by atoms with Gasteiger partial charge in [-0.3, -0.25) is 0 Å². The van der Waals surface area contributed by atoms with Crippen LogP contribution in [0.1, 0.15) is 46.7 Å². The summed E-state index contributed by atoms with van der Waals surface area (Å²) >= 11 is 0. The van der Waals surface area contributed by atoms with E-state index in [2.05, 4.69) is 85.9 Å². The third-order valence-electron chi connectivity index (χ3n) is 5.64. The Balaban J connectivity index is 2.05. The average Bonchev–Trinajstić information content (AvgIpc) is 2.86. The maximum Gasteiger partial charge on any atom is 0.0343 e. The Labute approximate surface area is 162 Å². The molecule has 1 N–H and O–H groups in total. The molecule has 0 saturated heterocycles. The van der Waals surface area contributed by atoms with Crippen LogP contribution in [0.5, 0.6) is 0 Å². The molecule has 0 fully saturated rings. The van der Waals surface area contributed by atoms with E-state index in [4.69, 9.17) is 0 Å². The van der Waals surface area contributed by atoms with Crippen LogP contribution < -0.4 is 5.32 Å². The summed E-state index contributed by atoms with van der Waals surface area (Å²) in [5.74, 6) is 0. The van der Waals surface area contributed by atoms with Gasteiger partial charge in [0, 0.05) is 12.7 Å². The summed E-state index contributed by atoms with van der Waals surface area (Å²) in [6.07, 6.45) is 3.21. The molecule has 0 radical (unpaired) electrons. The molecule has 1 aliphatic rings. The van der Waals surface area contributed by atoms with Gasteiger partial charge in [0.05, 0.1) is 0 Å². The first-order chi connectivity index (χ1) is 13.2. The fraction of sp³-hybridized carbons (Fsp3) is 0.231. The second-order valence-electron chi connectivity index (χ2n) is 7.36. The van der Waals surface area contributed by atoms with Crippen molar-refractivity contribution in [2.24, 2.45) is 0 Å². The average molecular weight is 354 g/mol.